The van der Waals surface area contributed by atoms with E-state index >= 15 is 0 Å². The molecule has 1 aromatic carbocycles. The van der Waals surface area contributed by atoms with Crippen LogP contribution in [-0.4, -0.2) is 10.5 Å². The second-order valence-electron chi connectivity index (χ2n) is 7.64. The van der Waals surface area contributed by atoms with Crippen molar-refractivity contribution in [2.75, 3.05) is 0 Å². The zero-order valence-corrected chi connectivity index (χ0v) is 16.5. The maximum absolute atomic E-state index is 14.0. The quantitative estimate of drug-likeness (QED) is 0.729. The average molecular weight is 381 g/mol. The Kier molecular flexibility index (Phi) is 4.91. The van der Waals surface area contributed by atoms with Crippen LogP contribution in [0.3, 0.4) is 0 Å². The molecule has 2 aromatic rings. The summed E-state index contributed by atoms with van der Waals surface area (Å²) in [7, 11) is 0. The molecule has 0 atom stereocenters. The van der Waals surface area contributed by atoms with Crippen LogP contribution in [0, 0.1) is 18.7 Å². The molecule has 0 unspecified atom stereocenters. The number of aromatic nitrogens is 1. The van der Waals surface area contributed by atoms with Gasteiger partial charge >= 0.3 is 0 Å². The van der Waals surface area contributed by atoms with Gasteiger partial charge in [0.15, 0.2) is 4.80 Å². The molecule has 25 heavy (non-hydrogen) atoms. The molecular weight excluding hydrogens is 359 g/mol. The van der Waals surface area contributed by atoms with Gasteiger partial charge in [-0.05, 0) is 49.3 Å². The number of nitrogens with zero attached hydrogens (tertiary/aromatic N) is 2. The van der Waals surface area contributed by atoms with E-state index in [1.807, 2.05) is 0 Å². The molecule has 0 saturated heterocycles. The number of rotatable bonds is 3. The molecule has 3 nitrogen and oxygen atoms in total. The Balaban J connectivity index is 2.07. The largest absolute Gasteiger partial charge is 0.320 e. The lowest BCUT2D eigenvalue weighted by molar-refractivity contribution is 0.0994. The summed E-state index contributed by atoms with van der Waals surface area (Å²) < 4.78 is 16.1. The molecular formula is C19H22ClFN2OS. The summed E-state index contributed by atoms with van der Waals surface area (Å²) in [6, 6.07) is 4.04. The highest BCUT2D eigenvalue weighted by atomic mass is 35.5. The molecule has 1 fully saturated rings. The standard InChI is InChI=1S/C19H22ClFN2OS/c1-11-16(19(2,3)4)25-18(23(11)10-12-5-6-12)22-17(24)14-8-7-13(20)9-15(14)21/h7-9,12H,5-6,10H2,1-4H3. The van der Waals surface area contributed by atoms with E-state index in [4.69, 9.17) is 11.6 Å². The van der Waals surface area contributed by atoms with E-state index in [9.17, 15) is 9.18 Å². The predicted octanol–water partition coefficient (Wildman–Crippen LogP) is 5.10. The summed E-state index contributed by atoms with van der Waals surface area (Å²) in [4.78, 5) is 18.6. The van der Waals surface area contributed by atoms with E-state index in [1.54, 1.807) is 0 Å². The molecule has 0 N–H and O–H groups in total. The third-order valence-corrected chi connectivity index (χ3v) is 6.18. The van der Waals surface area contributed by atoms with E-state index in [-0.39, 0.29) is 16.0 Å². The van der Waals surface area contributed by atoms with Crippen LogP contribution in [0.15, 0.2) is 23.2 Å². The fraction of sp³-hybridized carbons (Fsp3) is 0.474. The van der Waals surface area contributed by atoms with Gasteiger partial charge < -0.3 is 4.57 Å². The molecule has 134 valence electrons. The number of hydrogen-bond acceptors (Lipinski definition) is 2. The van der Waals surface area contributed by atoms with E-state index in [0.717, 1.165) is 18.3 Å². The van der Waals surface area contributed by atoms with E-state index in [0.29, 0.717) is 10.7 Å². The number of hydrogen-bond donors (Lipinski definition) is 0. The van der Waals surface area contributed by atoms with E-state index in [1.165, 1.54) is 41.2 Å². The summed E-state index contributed by atoms with van der Waals surface area (Å²) in [6.45, 7) is 9.40. The molecule has 1 aliphatic rings. The minimum atomic E-state index is -0.640. The lowest BCUT2D eigenvalue weighted by atomic mass is 9.93. The Labute approximate surface area is 156 Å². The fourth-order valence-corrected chi connectivity index (χ4v) is 4.20. The fourth-order valence-electron chi connectivity index (χ4n) is 2.85. The minimum Gasteiger partial charge on any atom is -0.320 e. The monoisotopic (exact) mass is 380 g/mol. The van der Waals surface area contributed by atoms with Gasteiger partial charge in [0.25, 0.3) is 5.91 Å². The van der Waals surface area contributed by atoms with Crippen LogP contribution in [0.4, 0.5) is 4.39 Å². The first-order valence-corrected chi connectivity index (χ1v) is 9.61. The Morgan fingerprint density at radius 3 is 2.64 bits per heavy atom. The van der Waals surface area contributed by atoms with Crippen LogP contribution in [0.2, 0.25) is 5.02 Å². The summed E-state index contributed by atoms with van der Waals surface area (Å²) in [5, 5.41) is 0.264. The van der Waals surface area contributed by atoms with Crippen LogP contribution in [-0.2, 0) is 12.0 Å². The SMILES string of the molecule is Cc1c(C(C)(C)C)sc(=NC(=O)c2ccc(Cl)cc2F)n1CC1CC1. The average Bonchev–Trinajstić information content (AvgIpc) is 3.25. The van der Waals surface area contributed by atoms with Crippen molar-refractivity contribution in [2.45, 2.75) is 52.5 Å². The molecule has 1 amide bonds. The highest BCUT2D eigenvalue weighted by Gasteiger charge is 2.27. The predicted molar refractivity (Wildman–Crippen MR) is 99.8 cm³/mol. The molecule has 0 spiro atoms. The van der Waals surface area contributed by atoms with E-state index in [2.05, 4.69) is 37.3 Å². The van der Waals surface area contributed by atoms with Crippen LogP contribution in [0.1, 0.15) is 54.5 Å². The second-order valence-corrected chi connectivity index (χ2v) is 9.06. The van der Waals surface area contributed by atoms with Gasteiger partial charge in [0.1, 0.15) is 5.82 Å². The number of carbonyl (C=O) groups excluding carboxylic acids is 1. The molecule has 0 aliphatic heterocycles. The number of carbonyl (C=O) groups is 1. The minimum absolute atomic E-state index is 0.0254. The molecule has 1 heterocycles. The third kappa shape index (κ3) is 4.04. The Morgan fingerprint density at radius 2 is 2.08 bits per heavy atom. The van der Waals surface area contributed by atoms with Crippen molar-refractivity contribution < 1.29 is 9.18 Å². The molecule has 1 aliphatic carbocycles. The van der Waals surface area contributed by atoms with Gasteiger partial charge in [-0.25, -0.2) is 4.39 Å². The summed E-state index contributed by atoms with van der Waals surface area (Å²) in [5.74, 6) is -0.554. The Morgan fingerprint density at radius 1 is 1.40 bits per heavy atom. The zero-order chi connectivity index (χ0) is 18.4. The number of benzene rings is 1. The first kappa shape index (κ1) is 18.3. The summed E-state index contributed by atoms with van der Waals surface area (Å²) in [5.41, 5.74) is 1.07. The first-order chi connectivity index (χ1) is 11.7. The summed E-state index contributed by atoms with van der Waals surface area (Å²) >= 11 is 7.28. The second kappa shape index (κ2) is 6.69. The van der Waals surface area contributed by atoms with Crippen LogP contribution < -0.4 is 4.80 Å². The van der Waals surface area contributed by atoms with Crippen molar-refractivity contribution in [1.29, 1.82) is 0 Å². The molecule has 3 rings (SSSR count). The highest BCUT2D eigenvalue weighted by molar-refractivity contribution is 7.09. The summed E-state index contributed by atoms with van der Waals surface area (Å²) in [6.07, 6.45) is 2.43. The smallest absolute Gasteiger partial charge is 0.282 e. The molecule has 6 heteroatoms. The van der Waals surface area contributed by atoms with Crippen molar-refractivity contribution in [2.24, 2.45) is 10.9 Å². The lowest BCUT2D eigenvalue weighted by Gasteiger charge is -2.17. The highest BCUT2D eigenvalue weighted by Crippen LogP contribution is 2.33. The van der Waals surface area contributed by atoms with Gasteiger partial charge in [0.05, 0.1) is 5.56 Å². The zero-order valence-electron chi connectivity index (χ0n) is 14.9. The van der Waals surface area contributed by atoms with Gasteiger partial charge in [-0.2, -0.15) is 4.99 Å². The molecule has 1 aromatic heterocycles. The number of halogens is 2. The molecule has 0 bridgehead atoms. The van der Waals surface area contributed by atoms with Crippen LogP contribution in [0.25, 0.3) is 0 Å². The van der Waals surface area contributed by atoms with Gasteiger partial charge in [0.2, 0.25) is 0 Å². The normalized spacial score (nSPS) is 15.7. The van der Waals surface area contributed by atoms with Crippen molar-refractivity contribution in [3.63, 3.8) is 0 Å². The van der Waals surface area contributed by atoms with Crippen molar-refractivity contribution >= 4 is 28.8 Å². The molecule has 0 radical (unpaired) electrons. The molecule has 1 saturated carbocycles. The lowest BCUT2D eigenvalue weighted by Crippen LogP contribution is -2.20. The van der Waals surface area contributed by atoms with E-state index < -0.39 is 11.7 Å². The number of amides is 1. The van der Waals surface area contributed by atoms with Gasteiger partial charge in [0, 0.05) is 22.1 Å². The Bertz CT molecular complexity index is 888. The number of thiazole rings is 1. The Hall–Kier alpha value is -1.46. The van der Waals surface area contributed by atoms with Crippen molar-refractivity contribution in [3.8, 4) is 0 Å². The maximum atomic E-state index is 14.0. The maximum Gasteiger partial charge on any atom is 0.282 e. The van der Waals surface area contributed by atoms with Crippen LogP contribution in [0.5, 0.6) is 0 Å². The van der Waals surface area contributed by atoms with Crippen LogP contribution >= 0.6 is 22.9 Å². The third-order valence-electron chi connectivity index (χ3n) is 4.34. The van der Waals surface area contributed by atoms with Crippen molar-refractivity contribution in [1.82, 2.24) is 4.57 Å². The first-order valence-electron chi connectivity index (χ1n) is 8.41. The van der Waals surface area contributed by atoms with Crippen molar-refractivity contribution in [3.05, 3.63) is 50.0 Å². The van der Waals surface area contributed by atoms with Gasteiger partial charge in [-0.3, -0.25) is 4.79 Å². The van der Waals surface area contributed by atoms with Gasteiger partial charge in [-0.15, -0.1) is 11.3 Å². The topological polar surface area (TPSA) is 34.4 Å². The van der Waals surface area contributed by atoms with Gasteiger partial charge in [-0.1, -0.05) is 32.4 Å².